The third-order valence-corrected chi connectivity index (χ3v) is 15.4. The van der Waals surface area contributed by atoms with Crippen molar-refractivity contribution in [3.05, 3.63) is 176 Å². The molecular formula is C45H39N3O9S6. The van der Waals surface area contributed by atoms with Crippen LogP contribution in [0.5, 0.6) is 0 Å². The summed E-state index contributed by atoms with van der Waals surface area (Å²) in [6.45, 7) is -2.11. The van der Waals surface area contributed by atoms with Gasteiger partial charge >= 0.3 is 33.0 Å². The fourth-order valence-electron chi connectivity index (χ4n) is 6.67. The van der Waals surface area contributed by atoms with E-state index in [1.54, 1.807) is 0 Å². The van der Waals surface area contributed by atoms with Gasteiger partial charge in [0, 0.05) is 49.6 Å². The molecule has 7 aromatic rings. The van der Waals surface area contributed by atoms with Gasteiger partial charge in [0.05, 0.1) is 19.6 Å². The predicted octanol–water partition coefficient (Wildman–Crippen LogP) is 10.8. The summed E-state index contributed by atoms with van der Waals surface area (Å²) in [4.78, 5) is 78.8. The highest BCUT2D eigenvalue weighted by molar-refractivity contribution is 8.82. The van der Waals surface area contributed by atoms with Crippen LogP contribution in [0.2, 0.25) is 0 Å². The second-order valence-electron chi connectivity index (χ2n) is 13.5. The molecule has 12 nitrogen and oxygen atoms in total. The van der Waals surface area contributed by atoms with E-state index >= 15 is 0 Å². The fraction of sp³-hybridized carbons (Fsp3) is 0.200. The highest BCUT2D eigenvalue weighted by Crippen LogP contribution is 2.33. The molecule has 7 rings (SSSR count). The first kappa shape index (κ1) is 46.0. The van der Waals surface area contributed by atoms with E-state index in [9.17, 15) is 28.8 Å². The van der Waals surface area contributed by atoms with Crippen LogP contribution in [0.3, 0.4) is 0 Å². The van der Waals surface area contributed by atoms with Crippen LogP contribution in [0.4, 0.5) is 14.4 Å². The van der Waals surface area contributed by atoms with Crippen molar-refractivity contribution in [3.63, 3.8) is 0 Å². The number of fused-ring (bicyclic) bond motifs is 3. The highest BCUT2D eigenvalue weighted by Gasteiger charge is 2.18. The van der Waals surface area contributed by atoms with Gasteiger partial charge in [-0.3, -0.25) is 0 Å². The molecule has 1 heterocycles. The molecule has 0 aliphatic rings. The van der Waals surface area contributed by atoms with Gasteiger partial charge in [0.15, 0.2) is 0 Å². The average molecular weight is 958 g/mol. The maximum atomic E-state index is 13.6. The van der Waals surface area contributed by atoms with Crippen LogP contribution in [0.15, 0.2) is 142 Å². The Morgan fingerprint density at radius 1 is 0.381 bits per heavy atom. The molecule has 0 aliphatic heterocycles. The molecule has 0 amide bonds. The summed E-state index contributed by atoms with van der Waals surface area (Å²) in [5.74, 6) is 1.61. The van der Waals surface area contributed by atoms with E-state index in [1.165, 1.54) is 32.4 Å². The van der Waals surface area contributed by atoms with Crippen molar-refractivity contribution in [2.24, 2.45) is 0 Å². The van der Waals surface area contributed by atoms with Crippen molar-refractivity contribution in [2.45, 2.75) is 36.9 Å². The number of nitrogens with zero attached hydrogens (tertiary/aromatic N) is 3. The lowest BCUT2D eigenvalue weighted by Gasteiger charge is -2.14. The maximum Gasteiger partial charge on any atom is 0.378 e. The Morgan fingerprint density at radius 3 is 0.952 bits per heavy atom. The third kappa shape index (κ3) is 12.4. The van der Waals surface area contributed by atoms with E-state index in [0.29, 0.717) is 17.3 Å². The molecule has 324 valence electrons. The molecule has 63 heavy (non-hydrogen) atoms. The molecule has 0 N–H and O–H groups in total. The summed E-state index contributed by atoms with van der Waals surface area (Å²) in [6.07, 6.45) is 0. The van der Waals surface area contributed by atoms with E-state index in [2.05, 4.69) is 0 Å². The smallest absolute Gasteiger partial charge is 0.378 e. The lowest BCUT2D eigenvalue weighted by Crippen LogP contribution is -2.55. The number of benzene rings is 6. The van der Waals surface area contributed by atoms with Crippen molar-refractivity contribution in [3.8, 4) is 0 Å². The topological polar surface area (TPSA) is 145 Å². The van der Waals surface area contributed by atoms with Gasteiger partial charge in [0.2, 0.25) is 0 Å². The number of ether oxygens (including phenoxy) is 3. The molecule has 0 bridgehead atoms. The van der Waals surface area contributed by atoms with E-state index in [0.717, 1.165) is 95.1 Å². The predicted molar refractivity (Wildman–Crippen MR) is 262 cm³/mol. The number of rotatable bonds is 18. The van der Waals surface area contributed by atoms with E-state index in [4.69, 9.17) is 14.2 Å². The zero-order valence-corrected chi connectivity index (χ0v) is 38.4. The lowest BCUT2D eigenvalue weighted by atomic mass is 10.1. The number of carbonyl (C=O) groups is 3. The van der Waals surface area contributed by atoms with Gasteiger partial charge in [-0.1, -0.05) is 160 Å². The fourth-order valence-corrected chi connectivity index (χ4v) is 11.6. The summed E-state index contributed by atoms with van der Waals surface area (Å²) in [7, 11) is 6.56. The van der Waals surface area contributed by atoms with Gasteiger partial charge in [0.1, 0.15) is 19.8 Å². The van der Waals surface area contributed by atoms with Crippen LogP contribution in [-0.2, 0) is 51.1 Å². The SMILES string of the molecule is O=C(OCCn1c(=O)n(CCOC(=O)SSCc2cccc3ccccc23)c(=O)n(CCOC(=O)SSCc2cccc3ccccc23)c1=O)SSCc1cccc2ccccc12. The number of aromatic nitrogens is 3. The molecule has 1 aromatic heterocycles. The van der Waals surface area contributed by atoms with Gasteiger partial charge in [-0.25, -0.2) is 42.5 Å². The van der Waals surface area contributed by atoms with Gasteiger partial charge in [-0.15, -0.1) is 0 Å². The Morgan fingerprint density at radius 2 is 0.651 bits per heavy atom. The van der Waals surface area contributed by atoms with E-state index in [-0.39, 0.29) is 39.5 Å². The molecule has 6 aromatic carbocycles. The molecule has 0 spiro atoms. The highest BCUT2D eigenvalue weighted by atomic mass is 33.1. The molecule has 0 atom stereocenters. The Balaban J connectivity index is 0.952. The summed E-state index contributed by atoms with van der Waals surface area (Å²) >= 11 is 0. The second-order valence-corrected chi connectivity index (χ2v) is 20.2. The largest absolute Gasteiger partial charge is 0.455 e. The van der Waals surface area contributed by atoms with Crippen LogP contribution < -0.4 is 17.1 Å². The Hall–Kier alpha value is -4.98. The normalized spacial score (nSPS) is 11.2. The number of hydrogen-bond donors (Lipinski definition) is 0. The average Bonchev–Trinajstić information content (AvgIpc) is 3.30. The minimum absolute atomic E-state index is 0.340. The quantitative estimate of drug-likeness (QED) is 0.0456. The lowest BCUT2D eigenvalue weighted by molar-refractivity contribution is 0.162. The summed E-state index contributed by atoms with van der Waals surface area (Å²) in [5, 5.41) is 4.67. The molecule has 0 radical (unpaired) electrons. The van der Waals surface area contributed by atoms with Gasteiger partial charge in [-0.05, 0) is 49.0 Å². The van der Waals surface area contributed by atoms with E-state index in [1.807, 2.05) is 127 Å². The summed E-state index contributed by atoms with van der Waals surface area (Å²) < 4.78 is 18.4. The molecule has 18 heteroatoms. The Bertz CT molecular complexity index is 2580. The van der Waals surface area contributed by atoms with Crippen molar-refractivity contribution < 1.29 is 28.6 Å². The van der Waals surface area contributed by atoms with Crippen LogP contribution in [0, 0.1) is 0 Å². The monoisotopic (exact) mass is 957 g/mol. The van der Waals surface area contributed by atoms with Crippen molar-refractivity contribution >= 4 is 113 Å². The van der Waals surface area contributed by atoms with Crippen LogP contribution in [0.1, 0.15) is 16.7 Å². The van der Waals surface area contributed by atoms with E-state index < -0.39 is 33.0 Å². The third-order valence-electron chi connectivity index (χ3n) is 9.65. The first-order valence-corrected chi connectivity index (χ1v) is 26.5. The molecular weight excluding hydrogens is 919 g/mol. The van der Waals surface area contributed by atoms with Gasteiger partial charge in [-0.2, -0.15) is 0 Å². The van der Waals surface area contributed by atoms with Crippen LogP contribution in [0.25, 0.3) is 32.3 Å². The van der Waals surface area contributed by atoms with Crippen molar-refractivity contribution in [1.29, 1.82) is 0 Å². The molecule has 0 saturated carbocycles. The second kappa shape index (κ2) is 23.1. The minimum atomic E-state index is -0.971. The standard InChI is InChI=1S/C45H39N3O9S6/c49-40-46(22-25-55-43(52)61-58-28-34-16-7-13-31-10-1-4-19-37(31)34)41(50)48(24-27-57-45(54)63-60-30-36-18-9-15-33-12-3-6-21-39(33)36)42(51)47(40)23-26-56-44(53)62-59-29-35-17-8-14-32-11-2-5-20-38(32)35/h1-21H,22-30H2. The van der Waals surface area contributed by atoms with Crippen molar-refractivity contribution in [2.75, 3.05) is 19.8 Å². The van der Waals surface area contributed by atoms with Gasteiger partial charge < -0.3 is 14.2 Å². The zero-order valence-electron chi connectivity index (χ0n) is 33.5. The van der Waals surface area contributed by atoms with Gasteiger partial charge in [0.25, 0.3) is 0 Å². The summed E-state index contributed by atoms with van der Waals surface area (Å²) in [6, 6.07) is 41.8. The number of hydrogen-bond acceptors (Lipinski definition) is 15. The van der Waals surface area contributed by atoms with Crippen molar-refractivity contribution in [1.82, 2.24) is 13.7 Å². The van der Waals surface area contributed by atoms with Crippen LogP contribution >= 0.6 is 64.8 Å². The minimum Gasteiger partial charge on any atom is -0.455 e. The Labute approximate surface area is 385 Å². The molecule has 0 unspecified atom stereocenters. The summed E-state index contributed by atoms with van der Waals surface area (Å²) in [5.41, 5.74) is 0.257. The van der Waals surface area contributed by atoms with Crippen LogP contribution in [-0.4, -0.2) is 49.4 Å². The zero-order chi connectivity index (χ0) is 44.0. The first-order chi connectivity index (χ1) is 30.8. The maximum absolute atomic E-state index is 13.6. The number of carbonyl (C=O) groups excluding carboxylic acids is 3. The molecule has 0 aliphatic carbocycles. The molecule has 0 fully saturated rings. The first-order valence-electron chi connectivity index (χ1n) is 19.5. The Kier molecular flexibility index (Phi) is 16.9. The molecule has 0 saturated heterocycles.